The van der Waals surface area contributed by atoms with Gasteiger partial charge in [0.25, 0.3) is 5.91 Å². The molecule has 2 heterocycles. The molecule has 0 spiro atoms. The number of hydrogen-bond acceptors (Lipinski definition) is 4. The molecule has 5 heteroatoms. The highest BCUT2D eigenvalue weighted by atomic mass is 16.5. The second-order valence-corrected chi connectivity index (χ2v) is 7.66. The molecule has 0 saturated heterocycles. The van der Waals surface area contributed by atoms with Crippen LogP contribution in [-0.4, -0.2) is 36.7 Å². The van der Waals surface area contributed by atoms with Gasteiger partial charge in [-0.15, -0.1) is 0 Å². The van der Waals surface area contributed by atoms with Crippen molar-refractivity contribution in [3.05, 3.63) is 71.3 Å². The molecule has 29 heavy (non-hydrogen) atoms. The van der Waals surface area contributed by atoms with Gasteiger partial charge in [0.1, 0.15) is 5.82 Å². The van der Waals surface area contributed by atoms with Crippen molar-refractivity contribution in [2.24, 2.45) is 0 Å². The molecule has 4 rings (SSSR count). The predicted molar refractivity (Wildman–Crippen MR) is 116 cm³/mol. The minimum Gasteiger partial charge on any atom is -0.377 e. The third-order valence-corrected chi connectivity index (χ3v) is 5.24. The Morgan fingerprint density at radius 1 is 1.14 bits per heavy atom. The Morgan fingerprint density at radius 3 is 2.72 bits per heavy atom. The summed E-state index contributed by atoms with van der Waals surface area (Å²) in [6, 6.07) is 18.3. The highest BCUT2D eigenvalue weighted by Gasteiger charge is 2.20. The number of aromatic nitrogens is 1. The number of benzene rings is 2. The maximum absolute atomic E-state index is 12.9. The first-order chi connectivity index (χ1) is 14.1. The van der Waals surface area contributed by atoms with Gasteiger partial charge in [0.15, 0.2) is 0 Å². The van der Waals surface area contributed by atoms with Gasteiger partial charge in [0, 0.05) is 25.0 Å². The molecule has 0 radical (unpaired) electrons. The molecule has 5 nitrogen and oxygen atoms in total. The van der Waals surface area contributed by atoms with Gasteiger partial charge in [0.2, 0.25) is 0 Å². The van der Waals surface area contributed by atoms with Crippen molar-refractivity contribution in [3.8, 4) is 0 Å². The Balaban J connectivity index is 1.60. The molecule has 1 amide bonds. The number of amides is 1. The van der Waals surface area contributed by atoms with E-state index in [1.807, 2.05) is 44.2 Å². The van der Waals surface area contributed by atoms with Gasteiger partial charge in [-0.2, -0.15) is 0 Å². The number of hydrogen-bond donors (Lipinski definition) is 1. The number of carbonyl (C=O) groups excluding carboxylic acids is 1. The molecule has 1 aliphatic heterocycles. The van der Waals surface area contributed by atoms with E-state index in [1.165, 1.54) is 11.1 Å². The van der Waals surface area contributed by atoms with Crippen LogP contribution in [-0.2, 0) is 17.7 Å². The number of pyridine rings is 1. The summed E-state index contributed by atoms with van der Waals surface area (Å²) in [4.78, 5) is 20.0. The van der Waals surface area contributed by atoms with Crippen molar-refractivity contribution in [1.82, 2.24) is 10.3 Å². The van der Waals surface area contributed by atoms with Crippen LogP contribution in [0.15, 0.2) is 54.6 Å². The molecule has 1 aromatic heterocycles. The normalized spacial score (nSPS) is 13.6. The van der Waals surface area contributed by atoms with Crippen LogP contribution in [0.5, 0.6) is 0 Å². The monoisotopic (exact) mass is 389 g/mol. The van der Waals surface area contributed by atoms with Crippen LogP contribution >= 0.6 is 0 Å². The summed E-state index contributed by atoms with van der Waals surface area (Å²) >= 11 is 0. The largest absolute Gasteiger partial charge is 0.377 e. The molecule has 0 atom stereocenters. The minimum atomic E-state index is -0.0883. The summed E-state index contributed by atoms with van der Waals surface area (Å²) in [5.74, 6) is 0.761. The fraction of sp³-hybridized carbons (Fsp3) is 0.333. The molecule has 0 unspecified atom stereocenters. The number of para-hydroxylation sites is 1. The first kappa shape index (κ1) is 19.4. The molecule has 0 fully saturated rings. The van der Waals surface area contributed by atoms with Crippen LogP contribution in [0.1, 0.15) is 35.3 Å². The van der Waals surface area contributed by atoms with Crippen molar-refractivity contribution in [2.45, 2.75) is 32.9 Å². The Bertz CT molecular complexity index is 1020. The van der Waals surface area contributed by atoms with E-state index in [-0.39, 0.29) is 12.0 Å². The van der Waals surface area contributed by atoms with Crippen molar-refractivity contribution in [2.75, 3.05) is 24.6 Å². The minimum absolute atomic E-state index is 0.0883. The molecule has 2 aromatic carbocycles. The molecular weight excluding hydrogens is 362 g/mol. The summed E-state index contributed by atoms with van der Waals surface area (Å²) in [6.07, 6.45) is 1.14. The predicted octanol–water partition coefficient (Wildman–Crippen LogP) is 3.95. The number of ether oxygens (including phenoxy) is 1. The maximum atomic E-state index is 12.9. The topological polar surface area (TPSA) is 54.5 Å². The van der Waals surface area contributed by atoms with Crippen LogP contribution in [0.25, 0.3) is 10.9 Å². The van der Waals surface area contributed by atoms with Crippen molar-refractivity contribution in [3.63, 3.8) is 0 Å². The highest BCUT2D eigenvalue weighted by Crippen LogP contribution is 2.27. The third-order valence-electron chi connectivity index (χ3n) is 5.24. The van der Waals surface area contributed by atoms with Crippen LogP contribution in [0.4, 0.5) is 5.82 Å². The smallest absolute Gasteiger partial charge is 0.252 e. The first-order valence-corrected chi connectivity index (χ1v) is 10.2. The van der Waals surface area contributed by atoms with Crippen LogP contribution in [0.2, 0.25) is 0 Å². The van der Waals surface area contributed by atoms with Crippen LogP contribution in [0.3, 0.4) is 0 Å². The van der Waals surface area contributed by atoms with E-state index in [2.05, 4.69) is 34.5 Å². The molecular formula is C24H27N3O2. The van der Waals surface area contributed by atoms with Gasteiger partial charge < -0.3 is 15.0 Å². The van der Waals surface area contributed by atoms with E-state index in [0.29, 0.717) is 18.7 Å². The Labute approximate surface area is 171 Å². The van der Waals surface area contributed by atoms with Crippen molar-refractivity contribution >= 4 is 22.6 Å². The maximum Gasteiger partial charge on any atom is 0.252 e. The number of fused-ring (bicyclic) bond motifs is 2. The van der Waals surface area contributed by atoms with Crippen molar-refractivity contribution in [1.29, 1.82) is 0 Å². The zero-order chi connectivity index (χ0) is 20.2. The quantitative estimate of drug-likeness (QED) is 0.649. The number of nitrogens with one attached hydrogen (secondary N) is 1. The van der Waals surface area contributed by atoms with Gasteiger partial charge in [-0.1, -0.05) is 42.5 Å². The van der Waals surface area contributed by atoms with Gasteiger partial charge in [-0.25, -0.2) is 4.98 Å². The fourth-order valence-electron chi connectivity index (χ4n) is 3.76. The molecule has 1 aliphatic rings. The van der Waals surface area contributed by atoms with Gasteiger partial charge in [0.05, 0.1) is 23.8 Å². The van der Waals surface area contributed by atoms with Gasteiger partial charge >= 0.3 is 0 Å². The molecule has 0 aliphatic carbocycles. The Morgan fingerprint density at radius 2 is 1.90 bits per heavy atom. The second-order valence-electron chi connectivity index (χ2n) is 7.66. The Hall–Kier alpha value is -2.92. The summed E-state index contributed by atoms with van der Waals surface area (Å²) in [7, 11) is 0. The molecule has 0 bridgehead atoms. The number of rotatable bonds is 6. The number of anilines is 1. The first-order valence-electron chi connectivity index (χ1n) is 10.2. The van der Waals surface area contributed by atoms with E-state index in [1.54, 1.807) is 0 Å². The molecule has 1 N–H and O–H groups in total. The number of nitrogens with zero attached hydrogens (tertiary/aromatic N) is 2. The summed E-state index contributed by atoms with van der Waals surface area (Å²) in [5.41, 5.74) is 4.22. The summed E-state index contributed by atoms with van der Waals surface area (Å²) in [6.45, 7) is 6.67. The summed E-state index contributed by atoms with van der Waals surface area (Å²) < 4.78 is 5.53. The van der Waals surface area contributed by atoms with E-state index < -0.39 is 0 Å². The lowest BCUT2D eigenvalue weighted by atomic mass is 9.99. The molecule has 3 aromatic rings. The Kier molecular flexibility index (Phi) is 5.76. The standard InChI is InChI=1S/C24H27N3O2/c1-17(2)29-14-12-25-24(28)21-15-23(26-22-10-6-5-9-20(21)22)27-13-11-18-7-3-4-8-19(18)16-27/h3-10,15,17H,11-14,16H2,1-2H3,(H,25,28). The highest BCUT2D eigenvalue weighted by molar-refractivity contribution is 6.07. The molecule has 150 valence electrons. The number of carbonyl (C=O) groups is 1. The van der Waals surface area contributed by atoms with Gasteiger partial charge in [-0.3, -0.25) is 4.79 Å². The zero-order valence-electron chi connectivity index (χ0n) is 17.0. The lowest BCUT2D eigenvalue weighted by molar-refractivity contribution is 0.0747. The molecule has 0 saturated carbocycles. The fourth-order valence-corrected chi connectivity index (χ4v) is 3.76. The lowest BCUT2D eigenvalue weighted by Crippen LogP contribution is -2.32. The average molecular weight is 389 g/mol. The van der Waals surface area contributed by atoms with Crippen LogP contribution in [0, 0.1) is 0 Å². The lowest BCUT2D eigenvalue weighted by Gasteiger charge is -2.30. The van der Waals surface area contributed by atoms with E-state index in [0.717, 1.165) is 36.2 Å². The zero-order valence-corrected chi connectivity index (χ0v) is 17.0. The van der Waals surface area contributed by atoms with Gasteiger partial charge in [-0.05, 0) is 43.5 Å². The van der Waals surface area contributed by atoms with Crippen LogP contribution < -0.4 is 10.2 Å². The second kappa shape index (κ2) is 8.62. The third kappa shape index (κ3) is 4.40. The van der Waals surface area contributed by atoms with E-state index in [4.69, 9.17) is 9.72 Å². The SMILES string of the molecule is CC(C)OCCNC(=O)c1cc(N2CCc3ccccc3C2)nc2ccccc12. The summed E-state index contributed by atoms with van der Waals surface area (Å²) in [5, 5.41) is 3.85. The van der Waals surface area contributed by atoms with Crippen molar-refractivity contribution < 1.29 is 9.53 Å². The van der Waals surface area contributed by atoms with E-state index in [9.17, 15) is 4.79 Å². The average Bonchev–Trinajstić information content (AvgIpc) is 2.75. The van der Waals surface area contributed by atoms with E-state index >= 15 is 0 Å².